The number of ether oxygens (including phenoxy) is 2. The molecule has 9 heteroatoms. The molecule has 0 bridgehead atoms. The van der Waals surface area contributed by atoms with E-state index in [0.717, 1.165) is 29.3 Å². The van der Waals surface area contributed by atoms with Gasteiger partial charge in [0.2, 0.25) is 6.41 Å². The molecule has 40 heavy (non-hydrogen) atoms. The van der Waals surface area contributed by atoms with E-state index in [4.69, 9.17) is 26.8 Å². The Balaban J connectivity index is 1.71. The SMILES string of the molecule is COCCCC[C@@](O)(c1cccc(Cl)c1-c1cnc2ccccc2c1)[C@@]1([C@H]2C[C@@H](N)[C@@H](O)C2)CN(C=O)CCO1. The van der Waals surface area contributed by atoms with Gasteiger partial charge in [-0.05, 0) is 61.8 Å². The lowest BCUT2D eigenvalue weighted by molar-refractivity contribution is -0.246. The van der Waals surface area contributed by atoms with E-state index >= 15 is 0 Å². The highest BCUT2D eigenvalue weighted by atomic mass is 35.5. The maximum absolute atomic E-state index is 13.2. The predicted octanol–water partition coefficient (Wildman–Crippen LogP) is 3.89. The zero-order valence-electron chi connectivity index (χ0n) is 22.8. The number of carbonyl (C=O) groups excluding carboxylic acids is 1. The lowest BCUT2D eigenvalue weighted by Gasteiger charge is -2.55. The van der Waals surface area contributed by atoms with Crippen LogP contribution in [0.4, 0.5) is 0 Å². The van der Waals surface area contributed by atoms with Crippen LogP contribution in [0.1, 0.15) is 37.7 Å². The molecule has 1 aliphatic heterocycles. The molecule has 2 fully saturated rings. The number of benzene rings is 2. The first-order valence-electron chi connectivity index (χ1n) is 14.0. The average Bonchev–Trinajstić information content (AvgIpc) is 3.32. The maximum Gasteiger partial charge on any atom is 0.209 e. The van der Waals surface area contributed by atoms with Gasteiger partial charge >= 0.3 is 0 Å². The van der Waals surface area contributed by atoms with Crippen molar-refractivity contribution in [3.63, 3.8) is 0 Å². The van der Waals surface area contributed by atoms with E-state index in [1.807, 2.05) is 48.5 Å². The van der Waals surface area contributed by atoms with Crippen molar-refractivity contribution in [3.8, 4) is 11.1 Å². The zero-order chi connectivity index (χ0) is 28.3. The van der Waals surface area contributed by atoms with Gasteiger partial charge in [-0.3, -0.25) is 9.78 Å². The first-order valence-corrected chi connectivity index (χ1v) is 14.3. The van der Waals surface area contributed by atoms with Crippen LogP contribution < -0.4 is 5.73 Å². The molecule has 1 saturated carbocycles. The summed E-state index contributed by atoms with van der Waals surface area (Å²) in [5, 5.41) is 25.3. The van der Waals surface area contributed by atoms with Crippen molar-refractivity contribution in [2.75, 3.05) is 33.4 Å². The van der Waals surface area contributed by atoms with E-state index in [9.17, 15) is 15.0 Å². The Morgan fingerprint density at radius 2 is 2.08 bits per heavy atom. The Morgan fingerprint density at radius 3 is 2.83 bits per heavy atom. The Labute approximate surface area is 240 Å². The van der Waals surface area contributed by atoms with Gasteiger partial charge in [-0.1, -0.05) is 41.9 Å². The topological polar surface area (TPSA) is 118 Å². The van der Waals surface area contributed by atoms with Gasteiger partial charge in [0.05, 0.1) is 24.8 Å². The van der Waals surface area contributed by atoms with Crippen molar-refractivity contribution in [1.29, 1.82) is 0 Å². The fourth-order valence-electron chi connectivity index (χ4n) is 6.70. The molecule has 5 rings (SSSR count). The number of aromatic nitrogens is 1. The Kier molecular flexibility index (Phi) is 8.75. The second-order valence-corrected chi connectivity index (χ2v) is 11.5. The van der Waals surface area contributed by atoms with Crippen molar-refractivity contribution in [2.24, 2.45) is 11.7 Å². The second kappa shape index (κ2) is 12.1. The molecule has 5 atom stereocenters. The second-order valence-electron chi connectivity index (χ2n) is 11.1. The number of halogens is 1. The number of nitrogens with two attached hydrogens (primary N) is 1. The molecule has 0 unspecified atom stereocenters. The summed E-state index contributed by atoms with van der Waals surface area (Å²) in [7, 11) is 1.66. The monoisotopic (exact) mass is 567 g/mol. The van der Waals surface area contributed by atoms with Crippen LogP contribution in [-0.4, -0.2) is 77.7 Å². The summed E-state index contributed by atoms with van der Waals surface area (Å²) in [6.45, 7) is 1.40. The number of pyridine rings is 1. The zero-order valence-corrected chi connectivity index (χ0v) is 23.6. The number of aliphatic hydroxyl groups is 2. The molecule has 4 N–H and O–H groups in total. The summed E-state index contributed by atoms with van der Waals surface area (Å²) in [6.07, 6.45) is 4.38. The average molecular weight is 568 g/mol. The summed E-state index contributed by atoms with van der Waals surface area (Å²) >= 11 is 6.92. The molecule has 2 heterocycles. The number of rotatable bonds is 10. The number of nitrogens with zero attached hydrogens (tertiary/aromatic N) is 2. The van der Waals surface area contributed by atoms with Crippen LogP contribution in [0.2, 0.25) is 5.02 Å². The number of aliphatic hydroxyl groups excluding tert-OH is 1. The number of carbonyl (C=O) groups is 1. The van der Waals surface area contributed by atoms with Gasteiger partial charge in [0.25, 0.3) is 0 Å². The van der Waals surface area contributed by atoms with E-state index in [2.05, 4.69) is 4.98 Å². The number of para-hydroxylation sites is 1. The Morgan fingerprint density at radius 1 is 1.25 bits per heavy atom. The van der Waals surface area contributed by atoms with Crippen molar-refractivity contribution >= 4 is 28.9 Å². The first kappa shape index (κ1) is 28.9. The molecule has 1 aliphatic carbocycles. The minimum absolute atomic E-state index is 0.170. The van der Waals surface area contributed by atoms with Crippen LogP contribution >= 0.6 is 11.6 Å². The summed E-state index contributed by atoms with van der Waals surface area (Å²) < 4.78 is 12.0. The van der Waals surface area contributed by atoms with E-state index < -0.39 is 23.3 Å². The Bertz CT molecular complexity index is 1330. The van der Waals surface area contributed by atoms with Gasteiger partial charge < -0.3 is 30.3 Å². The first-order chi connectivity index (χ1) is 19.3. The quantitative estimate of drug-likeness (QED) is 0.251. The van der Waals surface area contributed by atoms with Gasteiger partial charge in [-0.2, -0.15) is 0 Å². The molecule has 3 aromatic rings. The fraction of sp³-hybridized carbons (Fsp3) is 0.484. The number of morpholine rings is 1. The molecule has 1 aromatic heterocycles. The van der Waals surface area contributed by atoms with E-state index in [-0.39, 0.29) is 19.1 Å². The van der Waals surface area contributed by atoms with Gasteiger partial charge in [0.15, 0.2) is 0 Å². The number of methoxy groups -OCH3 is 1. The third kappa shape index (κ3) is 5.24. The molecule has 8 nitrogen and oxygen atoms in total. The smallest absolute Gasteiger partial charge is 0.209 e. The number of fused-ring (bicyclic) bond motifs is 1. The van der Waals surface area contributed by atoms with Gasteiger partial charge in [-0.25, -0.2) is 0 Å². The summed E-state index contributed by atoms with van der Waals surface area (Å²) in [5.74, 6) is -0.297. The fourth-order valence-corrected chi connectivity index (χ4v) is 6.98. The van der Waals surface area contributed by atoms with Crippen LogP contribution in [0.3, 0.4) is 0 Å². The largest absolute Gasteiger partial charge is 0.392 e. The van der Waals surface area contributed by atoms with E-state index in [1.165, 1.54) is 0 Å². The molecular formula is C31H38ClN3O5. The third-order valence-corrected chi connectivity index (χ3v) is 9.05. The van der Waals surface area contributed by atoms with Crippen molar-refractivity contribution < 1.29 is 24.5 Å². The van der Waals surface area contributed by atoms with Crippen LogP contribution in [0.5, 0.6) is 0 Å². The lowest BCUT2D eigenvalue weighted by atomic mass is 9.65. The van der Waals surface area contributed by atoms with Crippen LogP contribution in [0, 0.1) is 5.92 Å². The maximum atomic E-state index is 13.2. The summed E-state index contributed by atoms with van der Waals surface area (Å²) in [6, 6.07) is 15.0. The molecule has 0 radical (unpaired) electrons. The summed E-state index contributed by atoms with van der Waals surface area (Å²) in [5.41, 5.74) is 6.41. The molecule has 0 spiro atoms. The van der Waals surface area contributed by atoms with Gasteiger partial charge in [-0.15, -0.1) is 0 Å². The highest BCUT2D eigenvalue weighted by Crippen LogP contribution is 2.53. The number of amides is 1. The van der Waals surface area contributed by atoms with Crippen LogP contribution in [0.25, 0.3) is 22.0 Å². The van der Waals surface area contributed by atoms with Crippen molar-refractivity contribution in [2.45, 2.75) is 55.5 Å². The molecular weight excluding hydrogens is 530 g/mol. The van der Waals surface area contributed by atoms with E-state index in [0.29, 0.717) is 55.0 Å². The predicted molar refractivity (Wildman–Crippen MR) is 155 cm³/mol. The van der Waals surface area contributed by atoms with Crippen molar-refractivity contribution in [3.05, 3.63) is 65.3 Å². The molecule has 1 saturated heterocycles. The number of hydrogen-bond acceptors (Lipinski definition) is 7. The van der Waals surface area contributed by atoms with Gasteiger partial charge in [0, 0.05) is 54.0 Å². The summed E-state index contributed by atoms with van der Waals surface area (Å²) in [4.78, 5) is 18.4. The normalized spacial score (nSPS) is 26.6. The third-order valence-electron chi connectivity index (χ3n) is 8.74. The number of hydrogen-bond donors (Lipinski definition) is 3. The van der Waals surface area contributed by atoms with Crippen LogP contribution in [-0.2, 0) is 19.9 Å². The molecule has 1 amide bonds. The van der Waals surface area contributed by atoms with Crippen LogP contribution in [0.15, 0.2) is 54.7 Å². The standard InChI is InChI=1S/C31H38ClN3O5/c1-39-13-5-4-11-30(38,31(19-35(20-36)12-14-40-31)23-16-26(33)28(37)17-23)24-8-6-9-25(32)29(24)22-15-21-7-2-3-10-27(21)34-18-22/h2-3,6-10,15,18,20,23,26,28,37-38H,4-5,11-14,16-17,19,33H2,1H3/t23-,26+,28-,30+,31-/m0/s1. The van der Waals surface area contributed by atoms with E-state index in [1.54, 1.807) is 18.2 Å². The molecule has 2 aliphatic rings. The van der Waals surface area contributed by atoms with Gasteiger partial charge in [0.1, 0.15) is 11.2 Å². The van der Waals surface area contributed by atoms with Crippen molar-refractivity contribution in [1.82, 2.24) is 9.88 Å². The Hall–Kier alpha value is -2.59. The number of unbranched alkanes of at least 4 members (excludes halogenated alkanes) is 1. The highest BCUT2D eigenvalue weighted by Gasteiger charge is 2.61. The lowest BCUT2D eigenvalue weighted by Crippen LogP contribution is -2.66. The minimum Gasteiger partial charge on any atom is -0.392 e. The molecule has 2 aromatic carbocycles. The minimum atomic E-state index is -1.58. The highest BCUT2D eigenvalue weighted by molar-refractivity contribution is 6.33. The molecule has 214 valence electrons.